The number of nitriles is 1. The number of phenols is 1. The fraction of sp³-hybridized carbons (Fsp3) is 0.190. The zero-order valence-electron chi connectivity index (χ0n) is 61.1. The molecule has 12 nitrogen and oxygen atoms in total. The Balaban J connectivity index is 0.000000634. The van der Waals surface area contributed by atoms with Crippen LogP contribution in [0.1, 0.15) is 71.9 Å². The summed E-state index contributed by atoms with van der Waals surface area (Å²) in [5.41, 5.74) is 20.8. The van der Waals surface area contributed by atoms with Gasteiger partial charge in [-0.25, -0.2) is 0 Å². The van der Waals surface area contributed by atoms with Crippen molar-refractivity contribution in [2.24, 2.45) is 0 Å². The molecule has 520 valence electrons. The number of hydrogen-bond acceptors (Lipinski definition) is 12. The van der Waals surface area contributed by atoms with Crippen LogP contribution < -0.4 is 122 Å². The predicted molar refractivity (Wildman–Crippen MR) is 438 cm³/mol. The molecular formula is C84H86ClI2K2N5O7Si2. The summed E-state index contributed by atoms with van der Waals surface area (Å²) in [6.07, 6.45) is 10.5. The van der Waals surface area contributed by atoms with E-state index in [-0.39, 0.29) is 118 Å². The van der Waals surface area contributed by atoms with E-state index in [4.69, 9.17) is 59.1 Å². The molecule has 19 heteroatoms. The van der Waals surface area contributed by atoms with Crippen molar-refractivity contribution in [3.63, 3.8) is 0 Å². The molecule has 0 unspecified atom stereocenters. The van der Waals surface area contributed by atoms with Crippen LogP contribution in [0.5, 0.6) is 23.0 Å². The van der Waals surface area contributed by atoms with Gasteiger partial charge in [-0.15, -0.1) is 35.5 Å². The predicted octanol–water partition coefficient (Wildman–Crippen LogP) is 14.7. The monoisotopic (exact) mass is 1700 g/mol. The topological polar surface area (TPSA) is 173 Å². The molecule has 0 bridgehead atoms. The fourth-order valence-electron chi connectivity index (χ4n) is 9.04. The number of benzene rings is 8. The smallest absolute Gasteiger partial charge is 1.00 e. The van der Waals surface area contributed by atoms with E-state index in [1.54, 1.807) is 18.2 Å². The van der Waals surface area contributed by atoms with Gasteiger partial charge in [0.05, 0.1) is 28.1 Å². The van der Waals surface area contributed by atoms with E-state index in [0.717, 1.165) is 115 Å². The van der Waals surface area contributed by atoms with E-state index in [1.165, 1.54) is 16.1 Å². The molecule has 12 aromatic rings. The molecule has 103 heavy (non-hydrogen) atoms. The molecule has 1 N–H and O–H groups in total. The number of fused-ring (bicyclic) bond motifs is 4. The molecule has 0 saturated heterocycles. The number of rotatable bonds is 11. The van der Waals surface area contributed by atoms with Gasteiger partial charge in [-0.3, -0.25) is 24.7 Å². The summed E-state index contributed by atoms with van der Waals surface area (Å²) in [5.74, 6) is 9.29. The second kappa shape index (κ2) is 49.4. The van der Waals surface area contributed by atoms with Crippen LogP contribution in [-0.2, 0) is 35.4 Å². The molecule has 0 atom stereocenters. The van der Waals surface area contributed by atoms with Gasteiger partial charge in [-0.2, -0.15) is 5.26 Å². The molecule has 8 aromatic carbocycles. The number of pyridine rings is 4. The van der Waals surface area contributed by atoms with Crippen LogP contribution in [0.2, 0.25) is 39.3 Å². The molecule has 0 fully saturated rings. The maximum absolute atomic E-state index is 8.75. The van der Waals surface area contributed by atoms with Crippen LogP contribution >= 0.6 is 56.8 Å². The average Bonchev–Trinajstić information content (AvgIpc) is 0.838. The van der Waals surface area contributed by atoms with Crippen molar-refractivity contribution in [3.8, 4) is 64.8 Å². The number of alkyl halides is 1. The van der Waals surface area contributed by atoms with E-state index >= 15 is 0 Å². The van der Waals surface area contributed by atoms with E-state index in [1.807, 2.05) is 191 Å². The minimum Gasteiger partial charge on any atom is -1.00 e. The Morgan fingerprint density at radius 2 is 0.777 bits per heavy atom. The summed E-state index contributed by atoms with van der Waals surface area (Å²) in [5, 5.41) is 29.1. The van der Waals surface area contributed by atoms with E-state index in [2.05, 4.69) is 175 Å². The average molecular weight is 1700 g/mol. The van der Waals surface area contributed by atoms with Crippen LogP contribution in [-0.4, -0.2) is 47.7 Å². The van der Waals surface area contributed by atoms with Crippen LogP contribution in [0.4, 0.5) is 0 Å². The van der Waals surface area contributed by atoms with Gasteiger partial charge >= 0.3 is 103 Å². The third-order valence-corrected chi connectivity index (χ3v) is 17.1. The molecule has 4 heterocycles. The number of halogens is 3. The first-order valence-corrected chi connectivity index (χ1v) is 41.3. The first-order chi connectivity index (χ1) is 47.9. The Labute approximate surface area is 730 Å². The number of phenolic OH excluding ortho intramolecular Hbond substituents is 1. The van der Waals surface area contributed by atoms with Gasteiger partial charge in [0.15, 0.2) is 0 Å². The summed E-state index contributed by atoms with van der Waals surface area (Å²) in [6, 6.07) is 73.3. The largest absolute Gasteiger partial charge is 1.00 e. The first-order valence-electron chi connectivity index (χ1n) is 31.6. The number of carbonyl (C=O) groups excluding carboxylic acids is 1. The second-order valence-corrected chi connectivity index (χ2v) is 36.5. The van der Waals surface area contributed by atoms with Crippen molar-refractivity contribution in [2.75, 3.05) is 0 Å². The molecule has 0 radical (unpaired) electrons. The van der Waals surface area contributed by atoms with Crippen molar-refractivity contribution >= 4 is 123 Å². The van der Waals surface area contributed by atoms with Crippen molar-refractivity contribution in [1.82, 2.24) is 19.9 Å². The van der Waals surface area contributed by atoms with Crippen molar-refractivity contribution in [3.05, 3.63) is 282 Å². The minimum absolute atomic E-state index is 0. The van der Waals surface area contributed by atoms with Crippen molar-refractivity contribution in [1.29, 1.82) is 5.26 Å². The number of carbonyl (C=O) groups is 1. The molecule has 0 amide bonds. The van der Waals surface area contributed by atoms with Crippen molar-refractivity contribution in [2.45, 2.75) is 107 Å². The molecule has 4 aromatic heterocycles. The zero-order valence-corrected chi connectivity index (χ0v) is 73.4. The summed E-state index contributed by atoms with van der Waals surface area (Å²) < 4.78 is 20.1. The Morgan fingerprint density at radius 1 is 0.505 bits per heavy atom. The maximum atomic E-state index is 8.75. The Kier molecular flexibility index (Phi) is 44.5. The number of hydrogen-bond donors (Lipinski definition) is 1. The third-order valence-electron chi connectivity index (χ3n) is 13.6. The Morgan fingerprint density at radius 3 is 1.05 bits per heavy atom. The van der Waals surface area contributed by atoms with Crippen LogP contribution in [0.15, 0.2) is 218 Å². The minimum atomic E-state index is -1.34. The van der Waals surface area contributed by atoms with Gasteiger partial charge in [0.2, 0.25) is 0 Å². The fourth-order valence-corrected chi connectivity index (χ4v) is 10.5. The first kappa shape index (κ1) is 92.7. The number of aromatic hydroxyl groups is 1. The molecule has 0 aliphatic carbocycles. The van der Waals surface area contributed by atoms with Gasteiger partial charge in [-0.05, 0) is 224 Å². The summed E-state index contributed by atoms with van der Waals surface area (Å²) in [6.45, 7) is 24.1. The van der Waals surface area contributed by atoms with Gasteiger partial charge in [0.25, 0.3) is 6.47 Å². The standard InChI is InChI=1S/C22H23NOSi.C19H15NO.C17H14INO.C11H10ClN.C6H5IO.C5H10Si.C2H3N.CH2O3.CH4.2K.H/c1-17-15-19(21-7-5-6-8-22(21)23-17)16-24-20-11-9-18(10-12-20)13-14-25(2,3)4;1-3-15-8-10-17(11-9-15)21-13-16-12-14(2)20-19-7-5-4-6-18(16)19;1-12-10-13(16-4-2-3-5-17(16)19-12)11-20-15-8-6-14(18)7-9-15;1-8-6-9(7-12)10-4-2-3-5-11(10)13-8;7-5-1-3-6(8)4-2-5;1-5-6(2,3)4;1-2-3;2-1-4-3;;;;/h5-12,15H,16H2,1-4H3;1,4-12H,13H2,2H3;2-10H,11H2,1H3;2-6H,7H2,1H3;1-4,8H;1H,2-4H3;1H3;1,3H;1H4;;;/q;;;;;;;;;2*+1;-1/p-1. The third kappa shape index (κ3) is 35.1. The molecule has 0 spiro atoms. The maximum Gasteiger partial charge on any atom is 1.00 e. The number of aromatic nitrogens is 4. The number of ether oxygens (including phenoxy) is 3. The van der Waals surface area contributed by atoms with E-state index < -0.39 is 16.1 Å². The van der Waals surface area contributed by atoms with Crippen molar-refractivity contribution < 1.29 is 138 Å². The molecule has 0 saturated carbocycles. The number of para-hydroxylation sites is 4. The zero-order chi connectivity index (χ0) is 73.0. The Bertz CT molecular complexity index is 4770. The number of aryl methyl sites for hydroxylation is 4. The van der Waals surface area contributed by atoms with Gasteiger partial charge in [0.1, 0.15) is 59.0 Å². The van der Waals surface area contributed by atoms with Crippen LogP contribution in [0.25, 0.3) is 43.6 Å². The number of terminal acetylenes is 2. The molecule has 12 rings (SSSR count). The Hall–Kier alpha value is -6.34. The molecule has 0 aliphatic heterocycles. The number of nitrogens with zero attached hydrogens (tertiary/aromatic N) is 5. The SMILES string of the molecule is C.C#C[Si](C)(C)C.C#Cc1ccc(OCc2cc(C)nc3ccccc23)cc1.CC#N.Cc1cc(CCl)c2ccccc2n1.Cc1cc(COc2ccc(C#C[Si](C)(C)C)cc2)c2ccccc2n1.Cc1cc(COc2ccc(I)cc2)c2ccccc2n1.O=CO[O-].Oc1ccc(I)cc1.[H-].[K+].[K+]. The summed E-state index contributed by atoms with van der Waals surface area (Å²) in [4.78, 5) is 29.3. The van der Waals surface area contributed by atoms with Gasteiger partial charge in [0, 0.05) is 92.1 Å². The van der Waals surface area contributed by atoms with Crippen LogP contribution in [0, 0.1) is 81.9 Å². The second-order valence-electron chi connectivity index (χ2n) is 24.2. The van der Waals surface area contributed by atoms with Crippen LogP contribution in [0.3, 0.4) is 0 Å². The quantitative estimate of drug-likeness (QED) is 0.0247. The summed E-state index contributed by atoms with van der Waals surface area (Å²) in [7, 11) is -2.45. The summed E-state index contributed by atoms with van der Waals surface area (Å²) >= 11 is 10.3. The molecular weight excluding hydrogens is 1610 g/mol. The molecule has 0 aliphatic rings. The van der Waals surface area contributed by atoms with E-state index in [9.17, 15) is 0 Å². The normalized spacial score (nSPS) is 9.79. The van der Waals surface area contributed by atoms with E-state index in [0.29, 0.717) is 31.5 Å². The van der Waals surface area contributed by atoms with Gasteiger partial charge in [-0.1, -0.05) is 131 Å². The van der Waals surface area contributed by atoms with Gasteiger partial charge < -0.3 is 30.9 Å².